The van der Waals surface area contributed by atoms with Crippen LogP contribution in [0.4, 0.5) is 0 Å². The second-order valence-corrected chi connectivity index (χ2v) is 8.24. The Bertz CT molecular complexity index is 967. The quantitative estimate of drug-likeness (QED) is 0.575. The predicted molar refractivity (Wildman–Crippen MR) is 121 cm³/mol. The first kappa shape index (κ1) is 21.3. The third-order valence-corrected chi connectivity index (χ3v) is 6.20. The molecule has 0 spiro atoms. The molecule has 0 bridgehead atoms. The van der Waals surface area contributed by atoms with Crippen LogP contribution >= 0.6 is 0 Å². The summed E-state index contributed by atoms with van der Waals surface area (Å²) in [4.78, 5) is 15.5. The smallest absolute Gasteiger partial charge is 0.328 e. The van der Waals surface area contributed by atoms with E-state index in [1.807, 2.05) is 97.9 Å². The highest BCUT2D eigenvalue weighted by atomic mass is 16.5. The van der Waals surface area contributed by atoms with Crippen molar-refractivity contribution in [2.75, 3.05) is 13.1 Å². The van der Waals surface area contributed by atoms with Gasteiger partial charge in [-0.2, -0.15) is 0 Å². The summed E-state index contributed by atoms with van der Waals surface area (Å²) in [5.74, 6) is -0.257. The van der Waals surface area contributed by atoms with Crippen molar-refractivity contribution in [2.45, 2.75) is 37.5 Å². The molecule has 0 aromatic heterocycles. The molecule has 1 fully saturated rings. The zero-order valence-corrected chi connectivity index (χ0v) is 17.9. The summed E-state index contributed by atoms with van der Waals surface area (Å²) in [6.07, 6.45) is 0.815. The lowest BCUT2D eigenvalue weighted by Crippen LogP contribution is -2.46. The molecule has 1 saturated heterocycles. The van der Waals surface area contributed by atoms with Crippen LogP contribution in [0.15, 0.2) is 91.0 Å². The molecule has 1 heterocycles. The molecule has 4 heteroatoms. The van der Waals surface area contributed by atoms with Gasteiger partial charge >= 0.3 is 5.97 Å². The molecule has 0 amide bonds. The maximum atomic E-state index is 13.3. The Morgan fingerprint density at radius 2 is 1.32 bits per heavy atom. The summed E-state index contributed by atoms with van der Waals surface area (Å²) in [6.45, 7) is 3.12. The van der Waals surface area contributed by atoms with E-state index in [-0.39, 0.29) is 12.1 Å². The molecule has 4 rings (SSSR count). The van der Waals surface area contributed by atoms with Crippen LogP contribution in [-0.4, -0.2) is 29.1 Å². The van der Waals surface area contributed by atoms with Gasteiger partial charge in [-0.3, -0.25) is 4.90 Å². The van der Waals surface area contributed by atoms with Gasteiger partial charge in [-0.15, -0.1) is 0 Å². The van der Waals surface area contributed by atoms with Crippen LogP contribution in [0.1, 0.15) is 48.6 Å². The molecule has 4 nitrogen and oxygen atoms in total. The standard InChI is InChI=1S/C27H29NO3/c1-21(22-11-5-2-6-12-22)31-26(29)25(23-13-7-3-8-14-23)28-19-17-27(30,18-20-28)24-15-9-4-10-16-24/h2-16,21,25,30H,17-20H2,1H3/t21-,25+/m1/s1. The molecule has 1 N–H and O–H groups in total. The number of aliphatic hydroxyl groups is 1. The van der Waals surface area contributed by atoms with E-state index in [9.17, 15) is 9.90 Å². The maximum Gasteiger partial charge on any atom is 0.328 e. The Morgan fingerprint density at radius 1 is 0.839 bits per heavy atom. The SMILES string of the molecule is C[C@@H](OC(=O)[C@H](c1ccccc1)N1CCC(O)(c2ccccc2)CC1)c1ccccc1. The third kappa shape index (κ3) is 4.87. The van der Waals surface area contributed by atoms with Gasteiger partial charge in [-0.1, -0.05) is 91.0 Å². The fourth-order valence-electron chi connectivity index (χ4n) is 4.35. The molecule has 3 aromatic rings. The molecule has 3 aromatic carbocycles. The molecular formula is C27H29NO3. The number of hydrogen-bond acceptors (Lipinski definition) is 4. The van der Waals surface area contributed by atoms with Crippen molar-refractivity contribution in [3.8, 4) is 0 Å². The molecule has 0 saturated carbocycles. The molecule has 0 aliphatic carbocycles. The summed E-state index contributed by atoms with van der Waals surface area (Å²) in [5, 5.41) is 11.2. The van der Waals surface area contributed by atoms with E-state index in [4.69, 9.17) is 4.74 Å². The summed E-state index contributed by atoms with van der Waals surface area (Å²) in [5.41, 5.74) is 1.96. The Kier molecular flexibility index (Phi) is 6.50. The number of carbonyl (C=O) groups is 1. The lowest BCUT2D eigenvalue weighted by Gasteiger charge is -2.41. The highest BCUT2D eigenvalue weighted by Crippen LogP contribution is 2.36. The lowest BCUT2D eigenvalue weighted by molar-refractivity contribution is -0.157. The minimum atomic E-state index is -0.861. The largest absolute Gasteiger partial charge is 0.456 e. The number of nitrogens with zero attached hydrogens (tertiary/aromatic N) is 1. The Morgan fingerprint density at radius 3 is 1.87 bits per heavy atom. The van der Waals surface area contributed by atoms with E-state index in [0.717, 1.165) is 16.7 Å². The Balaban J connectivity index is 1.52. The predicted octanol–water partition coefficient (Wildman–Crippen LogP) is 5.02. The number of likely N-dealkylation sites (tertiary alicyclic amines) is 1. The average molecular weight is 416 g/mol. The van der Waals surface area contributed by atoms with Gasteiger partial charge in [0.1, 0.15) is 12.1 Å². The fourth-order valence-corrected chi connectivity index (χ4v) is 4.35. The maximum absolute atomic E-state index is 13.3. The first-order chi connectivity index (χ1) is 15.1. The van der Waals surface area contributed by atoms with Crippen LogP contribution in [0.25, 0.3) is 0 Å². The number of esters is 1. The number of benzene rings is 3. The van der Waals surface area contributed by atoms with Crippen LogP contribution in [0.2, 0.25) is 0 Å². The van der Waals surface area contributed by atoms with Crippen molar-refractivity contribution in [2.24, 2.45) is 0 Å². The summed E-state index contributed by atoms with van der Waals surface area (Å²) < 4.78 is 5.90. The number of ether oxygens (including phenoxy) is 1. The molecule has 2 atom stereocenters. The number of hydrogen-bond donors (Lipinski definition) is 1. The molecule has 0 radical (unpaired) electrons. The van der Waals surface area contributed by atoms with Crippen LogP contribution in [0.5, 0.6) is 0 Å². The third-order valence-electron chi connectivity index (χ3n) is 6.20. The van der Waals surface area contributed by atoms with E-state index in [2.05, 4.69) is 4.90 Å². The summed E-state index contributed by atoms with van der Waals surface area (Å²) in [7, 11) is 0. The Hall–Kier alpha value is -2.95. The van der Waals surface area contributed by atoms with Crippen molar-refractivity contribution in [3.05, 3.63) is 108 Å². The van der Waals surface area contributed by atoms with Crippen LogP contribution in [0.3, 0.4) is 0 Å². The summed E-state index contributed by atoms with van der Waals surface area (Å²) in [6, 6.07) is 28.9. The minimum absolute atomic E-state index is 0.257. The van der Waals surface area contributed by atoms with Gasteiger partial charge in [-0.25, -0.2) is 4.79 Å². The molecule has 0 unspecified atom stereocenters. The number of carbonyl (C=O) groups excluding carboxylic acids is 1. The highest BCUT2D eigenvalue weighted by Gasteiger charge is 2.39. The fraction of sp³-hybridized carbons (Fsp3) is 0.296. The van der Waals surface area contributed by atoms with E-state index in [1.54, 1.807) is 0 Å². The van der Waals surface area contributed by atoms with E-state index in [0.29, 0.717) is 25.9 Å². The molecule has 160 valence electrons. The highest BCUT2D eigenvalue weighted by molar-refractivity contribution is 5.78. The van der Waals surface area contributed by atoms with Crippen molar-refractivity contribution >= 4 is 5.97 Å². The van der Waals surface area contributed by atoms with Crippen molar-refractivity contribution < 1.29 is 14.6 Å². The van der Waals surface area contributed by atoms with E-state index in [1.165, 1.54) is 0 Å². The van der Waals surface area contributed by atoms with Gasteiger partial charge in [0.2, 0.25) is 0 Å². The lowest BCUT2D eigenvalue weighted by atomic mass is 9.83. The van der Waals surface area contributed by atoms with E-state index < -0.39 is 11.6 Å². The van der Waals surface area contributed by atoms with Crippen molar-refractivity contribution in [1.82, 2.24) is 4.90 Å². The zero-order chi connectivity index (χ0) is 21.7. The topological polar surface area (TPSA) is 49.8 Å². The monoisotopic (exact) mass is 415 g/mol. The first-order valence-electron chi connectivity index (χ1n) is 10.9. The van der Waals surface area contributed by atoms with Crippen LogP contribution in [0, 0.1) is 0 Å². The van der Waals surface area contributed by atoms with Gasteiger partial charge in [-0.05, 0) is 36.5 Å². The second kappa shape index (κ2) is 9.46. The zero-order valence-electron chi connectivity index (χ0n) is 17.9. The first-order valence-corrected chi connectivity index (χ1v) is 10.9. The number of rotatable bonds is 6. The number of piperidine rings is 1. The normalized spacial score (nSPS) is 18.1. The Labute approximate surface area is 184 Å². The van der Waals surface area contributed by atoms with Crippen LogP contribution in [-0.2, 0) is 15.1 Å². The molecule has 1 aliphatic heterocycles. The minimum Gasteiger partial charge on any atom is -0.456 e. The van der Waals surface area contributed by atoms with Gasteiger partial charge in [0.05, 0.1) is 5.60 Å². The molecule has 1 aliphatic rings. The molecule has 31 heavy (non-hydrogen) atoms. The average Bonchev–Trinajstić information content (AvgIpc) is 2.82. The van der Waals surface area contributed by atoms with E-state index >= 15 is 0 Å². The summed E-state index contributed by atoms with van der Waals surface area (Å²) >= 11 is 0. The van der Waals surface area contributed by atoms with Crippen molar-refractivity contribution in [3.63, 3.8) is 0 Å². The molecular weight excluding hydrogens is 386 g/mol. The second-order valence-electron chi connectivity index (χ2n) is 8.24. The van der Waals surface area contributed by atoms with Gasteiger partial charge < -0.3 is 9.84 Å². The van der Waals surface area contributed by atoms with Crippen LogP contribution < -0.4 is 0 Å². The van der Waals surface area contributed by atoms with Gasteiger partial charge in [0, 0.05) is 13.1 Å². The van der Waals surface area contributed by atoms with Gasteiger partial charge in [0.25, 0.3) is 0 Å². The van der Waals surface area contributed by atoms with Gasteiger partial charge in [0.15, 0.2) is 0 Å². The van der Waals surface area contributed by atoms with Crippen molar-refractivity contribution in [1.29, 1.82) is 0 Å².